The normalized spacial score (nSPS) is 29.8. The van der Waals surface area contributed by atoms with Crippen LogP contribution in [0.5, 0.6) is 0 Å². The number of hydroxylamine groups is 2. The van der Waals surface area contributed by atoms with Crippen molar-refractivity contribution >= 4 is 10.9 Å². The summed E-state index contributed by atoms with van der Waals surface area (Å²) < 4.78 is 0. The molecular formula is C21H20N2O. The highest BCUT2D eigenvalue weighted by Crippen LogP contribution is 2.62. The Hall–Kier alpha value is -2.23. The first kappa shape index (κ1) is 14.1. The molecule has 24 heavy (non-hydrogen) atoms. The van der Waals surface area contributed by atoms with Crippen LogP contribution in [0.4, 0.5) is 0 Å². The van der Waals surface area contributed by atoms with Gasteiger partial charge in [0.15, 0.2) is 0 Å². The van der Waals surface area contributed by atoms with Gasteiger partial charge in [-0.2, -0.15) is 0 Å². The van der Waals surface area contributed by atoms with Gasteiger partial charge in [-0.1, -0.05) is 49.4 Å². The number of rotatable bonds is 1. The topological polar surface area (TPSA) is 28.4 Å². The summed E-state index contributed by atoms with van der Waals surface area (Å²) in [7, 11) is 0. The van der Waals surface area contributed by atoms with Crippen molar-refractivity contribution in [2.75, 3.05) is 0 Å². The van der Waals surface area contributed by atoms with Crippen LogP contribution in [0.1, 0.15) is 43.4 Å². The zero-order valence-corrected chi connectivity index (χ0v) is 14.2. The average molecular weight is 316 g/mol. The Labute approximate surface area is 141 Å². The van der Waals surface area contributed by atoms with Gasteiger partial charge in [0.25, 0.3) is 0 Å². The Morgan fingerprint density at radius 3 is 2.67 bits per heavy atom. The number of aromatic nitrogens is 1. The molecule has 1 aromatic heterocycles. The highest BCUT2D eigenvalue weighted by Gasteiger charge is 2.68. The Bertz CT molecular complexity index is 965. The lowest BCUT2D eigenvalue weighted by molar-refractivity contribution is 0.0693. The third-order valence-corrected chi connectivity index (χ3v) is 5.83. The number of nitrogens with zero attached hydrogens (tertiary/aromatic N) is 2. The van der Waals surface area contributed by atoms with Gasteiger partial charge in [-0.15, -0.1) is 5.06 Å². The Kier molecular flexibility index (Phi) is 2.61. The minimum Gasteiger partial charge on any atom is -0.260 e. The van der Waals surface area contributed by atoms with Gasteiger partial charge in [-0.3, -0.25) is 9.82 Å². The molecule has 2 aliphatic heterocycles. The average Bonchev–Trinajstić information content (AvgIpc) is 3.38. The summed E-state index contributed by atoms with van der Waals surface area (Å²) >= 11 is 0. The number of hydrogen-bond acceptors (Lipinski definition) is 3. The molecule has 0 amide bonds. The predicted molar refractivity (Wildman–Crippen MR) is 94.4 cm³/mol. The SMILES string of the molecule is CC1c2ccccc2C2(c3cnc4ccccc4c3)ON2C1(C)C. The highest BCUT2D eigenvalue weighted by molar-refractivity contribution is 5.79. The van der Waals surface area contributed by atoms with Gasteiger partial charge in [0, 0.05) is 28.6 Å². The molecule has 5 rings (SSSR count). The van der Waals surface area contributed by atoms with Crippen LogP contribution in [-0.2, 0) is 10.6 Å². The predicted octanol–water partition coefficient (Wildman–Crippen LogP) is 4.58. The van der Waals surface area contributed by atoms with Crippen molar-refractivity contribution < 1.29 is 4.84 Å². The van der Waals surface area contributed by atoms with Crippen LogP contribution in [0.2, 0.25) is 0 Å². The van der Waals surface area contributed by atoms with Crippen molar-refractivity contribution in [1.82, 2.24) is 10.0 Å². The van der Waals surface area contributed by atoms with E-state index < -0.39 is 5.72 Å². The lowest BCUT2D eigenvalue weighted by Crippen LogP contribution is -2.44. The summed E-state index contributed by atoms with van der Waals surface area (Å²) in [6, 6.07) is 19.1. The molecule has 3 nitrogen and oxygen atoms in total. The molecule has 3 heterocycles. The second-order valence-electron chi connectivity index (χ2n) is 7.41. The minimum atomic E-state index is -0.496. The molecule has 3 aromatic rings. The Balaban J connectivity index is 1.76. The Morgan fingerprint density at radius 2 is 1.79 bits per heavy atom. The van der Waals surface area contributed by atoms with Crippen LogP contribution >= 0.6 is 0 Å². The van der Waals surface area contributed by atoms with Crippen molar-refractivity contribution in [3.8, 4) is 0 Å². The van der Waals surface area contributed by atoms with Gasteiger partial charge in [0.2, 0.25) is 5.72 Å². The van der Waals surface area contributed by atoms with E-state index in [2.05, 4.69) is 73.3 Å². The molecule has 0 N–H and O–H groups in total. The summed E-state index contributed by atoms with van der Waals surface area (Å²) in [6.45, 7) is 6.79. The van der Waals surface area contributed by atoms with Crippen LogP contribution in [-0.4, -0.2) is 15.6 Å². The first-order valence-electron chi connectivity index (χ1n) is 8.49. The van der Waals surface area contributed by atoms with Gasteiger partial charge in [0.05, 0.1) is 11.1 Å². The van der Waals surface area contributed by atoms with Crippen LogP contribution in [0.3, 0.4) is 0 Å². The lowest BCUT2D eigenvalue weighted by Gasteiger charge is -2.39. The number of fused-ring (bicyclic) bond motifs is 4. The second kappa shape index (κ2) is 4.44. The number of benzene rings is 2. The maximum absolute atomic E-state index is 6.31. The molecule has 0 spiro atoms. The molecule has 0 bridgehead atoms. The van der Waals surface area contributed by atoms with Crippen molar-refractivity contribution in [2.24, 2.45) is 0 Å². The van der Waals surface area contributed by atoms with Crippen molar-refractivity contribution in [1.29, 1.82) is 0 Å². The summed E-state index contributed by atoms with van der Waals surface area (Å²) in [5, 5.41) is 3.30. The molecule has 120 valence electrons. The first-order valence-corrected chi connectivity index (χ1v) is 8.49. The van der Waals surface area contributed by atoms with Gasteiger partial charge < -0.3 is 0 Å². The van der Waals surface area contributed by atoms with E-state index in [1.54, 1.807) is 0 Å². The molecule has 1 fully saturated rings. The maximum atomic E-state index is 6.31. The molecular weight excluding hydrogens is 296 g/mol. The number of para-hydroxylation sites is 1. The van der Waals surface area contributed by atoms with E-state index in [9.17, 15) is 0 Å². The molecule has 0 aliphatic carbocycles. The molecule has 3 unspecified atom stereocenters. The molecule has 1 saturated heterocycles. The fraction of sp³-hybridized carbons (Fsp3) is 0.286. The number of hydrogen-bond donors (Lipinski definition) is 0. The fourth-order valence-corrected chi connectivity index (χ4v) is 4.12. The van der Waals surface area contributed by atoms with E-state index >= 15 is 0 Å². The fourth-order valence-electron chi connectivity index (χ4n) is 4.12. The quantitative estimate of drug-likeness (QED) is 0.615. The van der Waals surface area contributed by atoms with Crippen LogP contribution in [0, 0.1) is 0 Å². The minimum absolute atomic E-state index is 0.0694. The third-order valence-electron chi connectivity index (χ3n) is 5.83. The standard InChI is InChI=1S/C21H20N2O/c1-14-17-9-5-6-10-18(17)21(23(24-21)20(14,2)3)16-12-15-8-4-7-11-19(15)22-13-16/h4-14H,1-3H3. The molecule has 2 aromatic carbocycles. The summed E-state index contributed by atoms with van der Waals surface area (Å²) in [5.41, 5.74) is 4.16. The van der Waals surface area contributed by atoms with Crippen LogP contribution < -0.4 is 0 Å². The third kappa shape index (κ3) is 1.61. The Morgan fingerprint density at radius 1 is 1.04 bits per heavy atom. The molecule has 3 heteroatoms. The smallest absolute Gasteiger partial charge is 0.218 e. The summed E-state index contributed by atoms with van der Waals surface area (Å²) in [5.74, 6) is 0.401. The molecule has 3 atom stereocenters. The van der Waals surface area contributed by atoms with Crippen molar-refractivity contribution in [2.45, 2.75) is 38.0 Å². The highest BCUT2D eigenvalue weighted by atomic mass is 16.9. The van der Waals surface area contributed by atoms with E-state index in [4.69, 9.17) is 4.84 Å². The molecule has 2 aliphatic rings. The van der Waals surface area contributed by atoms with Gasteiger partial charge in [0.1, 0.15) is 0 Å². The monoisotopic (exact) mass is 316 g/mol. The van der Waals surface area contributed by atoms with Gasteiger partial charge >= 0.3 is 0 Å². The van der Waals surface area contributed by atoms with Crippen molar-refractivity contribution in [3.05, 3.63) is 77.5 Å². The zero-order valence-electron chi connectivity index (χ0n) is 14.2. The molecule has 0 saturated carbocycles. The first-order chi connectivity index (χ1) is 11.5. The summed E-state index contributed by atoms with van der Waals surface area (Å²) in [4.78, 5) is 11.0. The van der Waals surface area contributed by atoms with E-state index in [0.717, 1.165) is 16.5 Å². The van der Waals surface area contributed by atoms with E-state index in [0.29, 0.717) is 5.92 Å². The van der Waals surface area contributed by atoms with Crippen LogP contribution in [0.15, 0.2) is 60.8 Å². The molecule has 0 radical (unpaired) electrons. The number of pyridine rings is 1. The maximum Gasteiger partial charge on any atom is 0.218 e. The second-order valence-corrected chi connectivity index (χ2v) is 7.41. The largest absolute Gasteiger partial charge is 0.260 e. The van der Waals surface area contributed by atoms with Gasteiger partial charge in [-0.05, 0) is 31.5 Å². The van der Waals surface area contributed by atoms with E-state index in [-0.39, 0.29) is 5.54 Å². The van der Waals surface area contributed by atoms with Crippen LogP contribution in [0.25, 0.3) is 10.9 Å². The zero-order chi connectivity index (χ0) is 16.5. The van der Waals surface area contributed by atoms with E-state index in [1.807, 2.05) is 18.3 Å². The van der Waals surface area contributed by atoms with Gasteiger partial charge in [-0.25, -0.2) is 0 Å². The summed E-state index contributed by atoms with van der Waals surface area (Å²) in [6.07, 6.45) is 1.96. The van der Waals surface area contributed by atoms with E-state index in [1.165, 1.54) is 11.1 Å². The van der Waals surface area contributed by atoms with Crippen molar-refractivity contribution in [3.63, 3.8) is 0 Å². The lowest BCUT2D eigenvalue weighted by atomic mass is 9.74.